The van der Waals surface area contributed by atoms with E-state index in [2.05, 4.69) is 11.1 Å². The summed E-state index contributed by atoms with van der Waals surface area (Å²) in [7, 11) is 0. The van der Waals surface area contributed by atoms with Crippen LogP contribution >= 0.6 is 0 Å². The highest BCUT2D eigenvalue weighted by Gasteiger charge is 1.98. The molecule has 2 aromatic rings. The minimum Gasteiger partial charge on any atom is -0.338 e. The number of aryl methyl sites for hydroxylation is 2. The maximum absolute atomic E-state index is 8.77. The molecular weight excluding hydrogens is 176 g/mol. The van der Waals surface area contributed by atoms with Gasteiger partial charge in [0.15, 0.2) is 0 Å². The summed E-state index contributed by atoms with van der Waals surface area (Å²) in [6.07, 6.45) is 7.35. The molecule has 2 heterocycles. The Balaban J connectivity index is 2.02. The van der Waals surface area contributed by atoms with E-state index in [9.17, 15) is 0 Å². The van der Waals surface area contributed by atoms with Crippen LogP contribution in [0.1, 0.15) is 5.69 Å². The Morgan fingerprint density at radius 1 is 1.36 bits per heavy atom. The maximum atomic E-state index is 8.77. The van der Waals surface area contributed by atoms with E-state index in [0.717, 1.165) is 13.1 Å². The molecule has 0 radical (unpaired) electrons. The SMILES string of the molecule is N#Cc1cccn1CCn1ccnc1. The van der Waals surface area contributed by atoms with Gasteiger partial charge in [-0.25, -0.2) is 4.98 Å². The number of rotatable bonds is 3. The standard InChI is InChI=1S/C10H10N4/c11-8-10-2-1-4-14(10)7-6-13-5-3-12-9-13/h1-5,9H,6-7H2. The number of nitrogens with zero attached hydrogens (tertiary/aromatic N) is 4. The van der Waals surface area contributed by atoms with Crippen LogP contribution in [0.5, 0.6) is 0 Å². The second-order valence-corrected chi connectivity index (χ2v) is 3.00. The highest BCUT2D eigenvalue weighted by atomic mass is 15.1. The molecule has 70 valence electrons. The molecule has 0 fully saturated rings. The van der Waals surface area contributed by atoms with Gasteiger partial charge >= 0.3 is 0 Å². The van der Waals surface area contributed by atoms with Crippen LogP contribution in [0.15, 0.2) is 37.1 Å². The monoisotopic (exact) mass is 186 g/mol. The van der Waals surface area contributed by atoms with Crippen LogP contribution in [0, 0.1) is 11.3 Å². The van der Waals surface area contributed by atoms with Crippen LogP contribution in [-0.4, -0.2) is 14.1 Å². The third-order valence-electron chi connectivity index (χ3n) is 2.10. The van der Waals surface area contributed by atoms with Crippen molar-refractivity contribution in [2.45, 2.75) is 13.1 Å². The summed E-state index contributed by atoms with van der Waals surface area (Å²) in [6.45, 7) is 1.63. The highest BCUT2D eigenvalue weighted by molar-refractivity contribution is 5.21. The highest BCUT2D eigenvalue weighted by Crippen LogP contribution is 2.00. The van der Waals surface area contributed by atoms with Crippen molar-refractivity contribution in [2.75, 3.05) is 0 Å². The van der Waals surface area contributed by atoms with Gasteiger partial charge in [-0.05, 0) is 12.1 Å². The molecule has 0 saturated heterocycles. The third-order valence-corrected chi connectivity index (χ3v) is 2.10. The van der Waals surface area contributed by atoms with E-state index in [1.54, 1.807) is 12.5 Å². The lowest BCUT2D eigenvalue weighted by molar-refractivity contribution is 0.577. The third kappa shape index (κ3) is 1.67. The Morgan fingerprint density at radius 3 is 3.00 bits per heavy atom. The molecule has 0 N–H and O–H groups in total. The predicted molar refractivity (Wildman–Crippen MR) is 51.4 cm³/mol. The van der Waals surface area contributed by atoms with Gasteiger partial charge in [-0.1, -0.05) is 0 Å². The van der Waals surface area contributed by atoms with E-state index >= 15 is 0 Å². The van der Waals surface area contributed by atoms with Crippen molar-refractivity contribution in [2.24, 2.45) is 0 Å². The molecule has 0 aromatic carbocycles. The fourth-order valence-electron chi connectivity index (χ4n) is 1.35. The zero-order valence-corrected chi connectivity index (χ0v) is 7.67. The first-order valence-corrected chi connectivity index (χ1v) is 4.41. The van der Waals surface area contributed by atoms with E-state index < -0.39 is 0 Å². The normalized spacial score (nSPS) is 9.93. The van der Waals surface area contributed by atoms with Gasteiger partial charge in [0, 0.05) is 31.7 Å². The fraction of sp³-hybridized carbons (Fsp3) is 0.200. The first-order valence-electron chi connectivity index (χ1n) is 4.41. The Kier molecular flexibility index (Phi) is 2.32. The van der Waals surface area contributed by atoms with Crippen molar-refractivity contribution < 1.29 is 0 Å². The van der Waals surface area contributed by atoms with Crippen LogP contribution in [0.4, 0.5) is 0 Å². The van der Waals surface area contributed by atoms with Crippen molar-refractivity contribution in [3.8, 4) is 6.07 Å². The topological polar surface area (TPSA) is 46.5 Å². The van der Waals surface area contributed by atoms with Gasteiger partial charge in [0.25, 0.3) is 0 Å². The fourth-order valence-corrected chi connectivity index (χ4v) is 1.35. The molecule has 0 spiro atoms. The summed E-state index contributed by atoms with van der Waals surface area (Å²) >= 11 is 0. The molecule has 4 nitrogen and oxygen atoms in total. The molecule has 2 rings (SSSR count). The minimum atomic E-state index is 0.699. The van der Waals surface area contributed by atoms with Gasteiger partial charge in [-0.2, -0.15) is 5.26 Å². The van der Waals surface area contributed by atoms with Crippen LogP contribution < -0.4 is 0 Å². The molecular formula is C10H10N4. The number of hydrogen-bond donors (Lipinski definition) is 0. The molecule has 0 atom stereocenters. The molecule has 0 aliphatic heterocycles. The van der Waals surface area contributed by atoms with Crippen molar-refractivity contribution in [3.63, 3.8) is 0 Å². The van der Waals surface area contributed by atoms with Gasteiger partial charge in [-0.15, -0.1) is 0 Å². The maximum Gasteiger partial charge on any atom is 0.120 e. The molecule has 0 saturated carbocycles. The van der Waals surface area contributed by atoms with Crippen LogP contribution in [-0.2, 0) is 13.1 Å². The van der Waals surface area contributed by atoms with Gasteiger partial charge in [0.05, 0.1) is 6.33 Å². The summed E-state index contributed by atoms with van der Waals surface area (Å²) < 4.78 is 3.92. The number of hydrogen-bond acceptors (Lipinski definition) is 2. The van der Waals surface area contributed by atoms with Gasteiger partial charge in [0.1, 0.15) is 11.8 Å². The molecule has 0 amide bonds. The Morgan fingerprint density at radius 2 is 2.29 bits per heavy atom. The molecule has 14 heavy (non-hydrogen) atoms. The largest absolute Gasteiger partial charge is 0.338 e. The summed E-state index contributed by atoms with van der Waals surface area (Å²) in [5.74, 6) is 0. The Bertz CT molecular complexity index is 433. The lowest BCUT2D eigenvalue weighted by Gasteiger charge is -2.04. The molecule has 0 aliphatic rings. The van der Waals surface area contributed by atoms with Gasteiger partial charge < -0.3 is 9.13 Å². The zero-order chi connectivity index (χ0) is 9.80. The van der Waals surface area contributed by atoms with Crippen molar-refractivity contribution in [3.05, 3.63) is 42.7 Å². The predicted octanol–water partition coefficient (Wildman–Crippen LogP) is 1.26. The second kappa shape index (κ2) is 3.79. The lowest BCUT2D eigenvalue weighted by atomic mass is 10.4. The second-order valence-electron chi connectivity index (χ2n) is 3.00. The number of nitriles is 1. The minimum absolute atomic E-state index is 0.699. The molecule has 4 heteroatoms. The average molecular weight is 186 g/mol. The molecule has 0 unspecified atom stereocenters. The number of aromatic nitrogens is 3. The van der Waals surface area contributed by atoms with Gasteiger partial charge in [-0.3, -0.25) is 0 Å². The first-order chi connectivity index (χ1) is 6.90. The first kappa shape index (κ1) is 8.57. The van der Waals surface area contributed by atoms with Crippen molar-refractivity contribution in [1.82, 2.24) is 14.1 Å². The zero-order valence-electron chi connectivity index (χ0n) is 7.67. The summed E-state index contributed by atoms with van der Waals surface area (Å²) in [5, 5.41) is 8.77. The van der Waals surface area contributed by atoms with Crippen molar-refractivity contribution in [1.29, 1.82) is 5.26 Å². The van der Waals surface area contributed by atoms with Crippen LogP contribution in [0.25, 0.3) is 0 Å². The number of imidazole rings is 1. The molecule has 0 bridgehead atoms. The molecule has 0 aliphatic carbocycles. The quantitative estimate of drug-likeness (QED) is 0.724. The van der Waals surface area contributed by atoms with E-state index in [4.69, 9.17) is 5.26 Å². The van der Waals surface area contributed by atoms with Crippen LogP contribution in [0.2, 0.25) is 0 Å². The van der Waals surface area contributed by atoms with E-state index in [1.165, 1.54) is 0 Å². The summed E-state index contributed by atoms with van der Waals surface area (Å²) in [4.78, 5) is 3.95. The van der Waals surface area contributed by atoms with Gasteiger partial charge in [0.2, 0.25) is 0 Å². The Hall–Kier alpha value is -2.02. The van der Waals surface area contributed by atoms with E-state index in [-0.39, 0.29) is 0 Å². The van der Waals surface area contributed by atoms with Crippen LogP contribution in [0.3, 0.4) is 0 Å². The summed E-state index contributed by atoms with van der Waals surface area (Å²) in [6, 6.07) is 5.84. The van der Waals surface area contributed by atoms with E-state index in [1.807, 2.05) is 33.7 Å². The summed E-state index contributed by atoms with van der Waals surface area (Å²) in [5.41, 5.74) is 0.699. The van der Waals surface area contributed by atoms with E-state index in [0.29, 0.717) is 5.69 Å². The smallest absolute Gasteiger partial charge is 0.120 e. The van der Waals surface area contributed by atoms with Crippen molar-refractivity contribution >= 4 is 0 Å². The average Bonchev–Trinajstić information content (AvgIpc) is 2.85. The molecule has 2 aromatic heterocycles. The lowest BCUT2D eigenvalue weighted by Crippen LogP contribution is -2.06. The Labute approximate surface area is 82.0 Å².